The van der Waals surface area contributed by atoms with Crippen LogP contribution in [-0.4, -0.2) is 19.6 Å². The molecule has 1 N–H and O–H groups in total. The van der Waals surface area contributed by atoms with Gasteiger partial charge in [0.15, 0.2) is 0 Å². The largest absolute Gasteiger partial charge is 0.497 e. The molecule has 0 aliphatic carbocycles. The van der Waals surface area contributed by atoms with Crippen LogP contribution in [-0.2, 0) is 6.61 Å². The maximum Gasteiger partial charge on any atom is 0.251 e. The molecule has 0 fully saturated rings. The molecule has 0 aliphatic heterocycles. The summed E-state index contributed by atoms with van der Waals surface area (Å²) in [6, 6.07) is 18.4. The Bertz CT molecular complexity index is 1020. The molecule has 31 heavy (non-hydrogen) atoms. The van der Waals surface area contributed by atoms with Crippen molar-refractivity contribution in [1.29, 1.82) is 0 Å². The molecular formula is C25H26FNO4. The smallest absolute Gasteiger partial charge is 0.251 e. The Balaban J connectivity index is 1.74. The SMILES string of the molecule is CCOc1ccc(C(=O)NC(C)c2ccc(F)cc2)cc1COc1cccc(OC)c1. The van der Waals surface area contributed by atoms with Crippen LogP contribution in [0.4, 0.5) is 4.39 Å². The molecule has 1 atom stereocenters. The molecular weight excluding hydrogens is 397 g/mol. The molecule has 0 aromatic heterocycles. The van der Waals surface area contributed by atoms with Gasteiger partial charge < -0.3 is 19.5 Å². The van der Waals surface area contributed by atoms with E-state index in [9.17, 15) is 9.18 Å². The molecule has 6 heteroatoms. The van der Waals surface area contributed by atoms with Crippen LogP contribution in [0.15, 0.2) is 66.7 Å². The number of nitrogens with one attached hydrogen (secondary N) is 1. The third-order valence-corrected chi connectivity index (χ3v) is 4.78. The van der Waals surface area contributed by atoms with Gasteiger partial charge in [0, 0.05) is 17.2 Å². The van der Waals surface area contributed by atoms with E-state index in [1.54, 1.807) is 43.5 Å². The van der Waals surface area contributed by atoms with E-state index in [1.807, 2.05) is 32.0 Å². The maximum atomic E-state index is 13.1. The first kappa shape index (κ1) is 22.2. The highest BCUT2D eigenvalue weighted by molar-refractivity contribution is 5.94. The van der Waals surface area contributed by atoms with Crippen LogP contribution in [0.3, 0.4) is 0 Å². The van der Waals surface area contributed by atoms with Crippen molar-refractivity contribution in [2.45, 2.75) is 26.5 Å². The van der Waals surface area contributed by atoms with Crippen molar-refractivity contribution in [3.63, 3.8) is 0 Å². The summed E-state index contributed by atoms with van der Waals surface area (Å²) in [4.78, 5) is 12.8. The molecule has 1 amide bonds. The number of rotatable bonds is 9. The molecule has 0 radical (unpaired) electrons. The zero-order valence-electron chi connectivity index (χ0n) is 17.9. The van der Waals surface area contributed by atoms with Crippen LogP contribution in [0.1, 0.15) is 41.4 Å². The first-order valence-electron chi connectivity index (χ1n) is 10.1. The van der Waals surface area contributed by atoms with E-state index in [2.05, 4.69) is 5.32 Å². The summed E-state index contributed by atoms with van der Waals surface area (Å²) in [5.41, 5.74) is 2.07. The molecule has 0 saturated heterocycles. The number of amides is 1. The van der Waals surface area contributed by atoms with Gasteiger partial charge in [-0.2, -0.15) is 0 Å². The zero-order chi connectivity index (χ0) is 22.2. The van der Waals surface area contributed by atoms with E-state index in [0.717, 1.165) is 11.1 Å². The molecule has 0 spiro atoms. The van der Waals surface area contributed by atoms with Crippen molar-refractivity contribution in [2.24, 2.45) is 0 Å². The third kappa shape index (κ3) is 5.98. The molecule has 3 aromatic rings. The summed E-state index contributed by atoms with van der Waals surface area (Å²) in [5, 5.41) is 2.94. The maximum absolute atomic E-state index is 13.1. The average molecular weight is 423 g/mol. The first-order chi connectivity index (χ1) is 15.0. The molecule has 162 valence electrons. The Labute approximate surface area is 181 Å². The molecule has 0 saturated carbocycles. The lowest BCUT2D eigenvalue weighted by atomic mass is 10.1. The van der Waals surface area contributed by atoms with Crippen molar-refractivity contribution in [3.05, 3.63) is 89.2 Å². The second-order valence-electron chi connectivity index (χ2n) is 6.97. The normalized spacial score (nSPS) is 11.5. The molecule has 5 nitrogen and oxygen atoms in total. The number of ether oxygens (including phenoxy) is 3. The summed E-state index contributed by atoms with van der Waals surface area (Å²) >= 11 is 0. The Hall–Kier alpha value is -3.54. The Kier molecular flexibility index (Phi) is 7.49. The van der Waals surface area contributed by atoms with Crippen LogP contribution in [0, 0.1) is 5.82 Å². The highest BCUT2D eigenvalue weighted by Crippen LogP contribution is 2.25. The second kappa shape index (κ2) is 10.5. The fourth-order valence-corrected chi connectivity index (χ4v) is 3.10. The topological polar surface area (TPSA) is 56.8 Å². The van der Waals surface area contributed by atoms with Gasteiger partial charge in [-0.25, -0.2) is 4.39 Å². The van der Waals surface area contributed by atoms with E-state index in [-0.39, 0.29) is 24.4 Å². The number of carbonyl (C=O) groups excluding carboxylic acids is 1. The van der Waals surface area contributed by atoms with Crippen molar-refractivity contribution in [3.8, 4) is 17.2 Å². The minimum Gasteiger partial charge on any atom is -0.497 e. The van der Waals surface area contributed by atoms with Gasteiger partial charge in [-0.1, -0.05) is 18.2 Å². The van der Waals surface area contributed by atoms with Crippen LogP contribution in [0.5, 0.6) is 17.2 Å². The summed E-state index contributed by atoms with van der Waals surface area (Å²) in [6.07, 6.45) is 0. The number of hydrogen-bond donors (Lipinski definition) is 1. The summed E-state index contributed by atoms with van der Waals surface area (Å²) in [5.74, 6) is 1.47. The van der Waals surface area contributed by atoms with E-state index in [1.165, 1.54) is 12.1 Å². The summed E-state index contributed by atoms with van der Waals surface area (Å²) < 4.78 is 29.9. The van der Waals surface area contributed by atoms with Crippen molar-refractivity contribution in [1.82, 2.24) is 5.32 Å². The van der Waals surface area contributed by atoms with E-state index in [0.29, 0.717) is 29.4 Å². The number of hydrogen-bond acceptors (Lipinski definition) is 4. The van der Waals surface area contributed by atoms with Gasteiger partial charge in [0.1, 0.15) is 29.7 Å². The molecule has 3 rings (SSSR count). The Morgan fingerprint density at radius 2 is 1.74 bits per heavy atom. The quantitative estimate of drug-likeness (QED) is 0.507. The predicted octanol–water partition coefficient (Wildman–Crippen LogP) is 5.30. The minimum atomic E-state index is -0.311. The Morgan fingerprint density at radius 3 is 2.45 bits per heavy atom. The van der Waals surface area contributed by atoms with E-state index >= 15 is 0 Å². The minimum absolute atomic E-state index is 0.233. The summed E-state index contributed by atoms with van der Waals surface area (Å²) in [7, 11) is 1.60. The third-order valence-electron chi connectivity index (χ3n) is 4.78. The van der Waals surface area contributed by atoms with Crippen molar-refractivity contribution >= 4 is 5.91 Å². The predicted molar refractivity (Wildman–Crippen MR) is 117 cm³/mol. The molecule has 0 heterocycles. The van der Waals surface area contributed by atoms with E-state index in [4.69, 9.17) is 14.2 Å². The van der Waals surface area contributed by atoms with Gasteiger partial charge in [0.05, 0.1) is 19.8 Å². The molecule has 1 unspecified atom stereocenters. The van der Waals surface area contributed by atoms with E-state index < -0.39 is 0 Å². The highest BCUT2D eigenvalue weighted by atomic mass is 19.1. The van der Waals surface area contributed by atoms with Crippen LogP contribution in [0.2, 0.25) is 0 Å². The molecule has 3 aromatic carbocycles. The second-order valence-corrected chi connectivity index (χ2v) is 6.97. The lowest BCUT2D eigenvalue weighted by Gasteiger charge is -2.16. The van der Waals surface area contributed by atoms with Gasteiger partial charge in [0.2, 0.25) is 0 Å². The van der Waals surface area contributed by atoms with Gasteiger partial charge in [-0.15, -0.1) is 0 Å². The fraction of sp³-hybridized carbons (Fsp3) is 0.240. The number of halogens is 1. The van der Waals surface area contributed by atoms with Crippen LogP contribution < -0.4 is 19.5 Å². The van der Waals surface area contributed by atoms with Crippen LogP contribution >= 0.6 is 0 Å². The molecule has 0 bridgehead atoms. The van der Waals surface area contributed by atoms with Gasteiger partial charge in [-0.3, -0.25) is 4.79 Å². The lowest BCUT2D eigenvalue weighted by molar-refractivity contribution is 0.0939. The first-order valence-corrected chi connectivity index (χ1v) is 10.1. The monoisotopic (exact) mass is 423 g/mol. The average Bonchev–Trinajstić information content (AvgIpc) is 2.79. The Morgan fingerprint density at radius 1 is 1.00 bits per heavy atom. The lowest BCUT2D eigenvalue weighted by Crippen LogP contribution is -2.26. The molecule has 0 aliphatic rings. The number of methoxy groups -OCH3 is 1. The van der Waals surface area contributed by atoms with Gasteiger partial charge in [-0.05, 0) is 61.9 Å². The van der Waals surface area contributed by atoms with Gasteiger partial charge >= 0.3 is 0 Å². The van der Waals surface area contributed by atoms with Crippen molar-refractivity contribution < 1.29 is 23.4 Å². The van der Waals surface area contributed by atoms with Gasteiger partial charge in [0.25, 0.3) is 5.91 Å². The van der Waals surface area contributed by atoms with Crippen LogP contribution in [0.25, 0.3) is 0 Å². The standard InChI is InChI=1S/C25H26FNO4/c1-4-30-24-13-10-19(25(28)27-17(2)18-8-11-21(26)12-9-18)14-20(24)16-31-23-7-5-6-22(15-23)29-3/h5-15,17H,4,16H2,1-3H3,(H,27,28). The summed E-state index contributed by atoms with van der Waals surface area (Å²) in [6.45, 7) is 4.49. The van der Waals surface area contributed by atoms with Crippen molar-refractivity contribution in [2.75, 3.05) is 13.7 Å². The zero-order valence-corrected chi connectivity index (χ0v) is 17.9. The fourth-order valence-electron chi connectivity index (χ4n) is 3.10. The highest BCUT2D eigenvalue weighted by Gasteiger charge is 2.15. The number of benzene rings is 3. The number of carbonyl (C=O) groups is 1.